The summed E-state index contributed by atoms with van der Waals surface area (Å²) in [7, 11) is 1.82. The molecule has 8 heteroatoms. The molecule has 37 heavy (non-hydrogen) atoms. The van der Waals surface area contributed by atoms with E-state index in [0.29, 0.717) is 11.5 Å². The molecule has 2 N–H and O–H groups in total. The Hall–Kier alpha value is -5.16. The molecule has 1 unspecified atom stereocenters. The monoisotopic (exact) mass is 485 g/mol. The topological polar surface area (TPSA) is 108 Å². The van der Waals surface area contributed by atoms with Crippen LogP contribution in [0.5, 0.6) is 5.88 Å². The van der Waals surface area contributed by atoms with Crippen LogP contribution in [-0.4, -0.2) is 24.3 Å². The third-order valence-corrected chi connectivity index (χ3v) is 6.61. The molecule has 180 valence electrons. The van der Waals surface area contributed by atoms with Crippen molar-refractivity contribution >= 4 is 0 Å². The van der Waals surface area contributed by atoms with E-state index in [2.05, 4.69) is 16.0 Å². The van der Waals surface area contributed by atoms with Gasteiger partial charge in [-0.2, -0.15) is 10.4 Å². The third kappa shape index (κ3) is 3.74. The zero-order valence-electron chi connectivity index (χ0n) is 20.3. The summed E-state index contributed by atoms with van der Waals surface area (Å²) >= 11 is 0. The van der Waals surface area contributed by atoms with Crippen molar-refractivity contribution in [3.8, 4) is 40.3 Å². The standard InChI is InChI=1S/C29H23N7O/c1-18-3-5-20(6-4-18)26-25-24(23(17-30)27(31)37-29(25)35(2)34-26)19-7-9-22(10-8-19)36-16-15-33-28(36)21-11-13-32-14-12-21/h3-16,24H,31H2,1-2H3. The second-order valence-electron chi connectivity index (χ2n) is 8.93. The first-order valence-corrected chi connectivity index (χ1v) is 11.8. The van der Waals surface area contributed by atoms with Gasteiger partial charge in [-0.3, -0.25) is 9.55 Å². The summed E-state index contributed by atoms with van der Waals surface area (Å²) in [4.78, 5) is 8.64. The van der Waals surface area contributed by atoms with E-state index < -0.39 is 5.92 Å². The van der Waals surface area contributed by atoms with Gasteiger partial charge in [0.05, 0.1) is 11.5 Å². The lowest BCUT2D eigenvalue weighted by molar-refractivity contribution is 0.358. The fraction of sp³-hybridized carbons (Fsp3) is 0.103. The van der Waals surface area contributed by atoms with Gasteiger partial charge >= 0.3 is 0 Å². The number of ether oxygens (including phenoxy) is 1. The lowest BCUT2D eigenvalue weighted by Crippen LogP contribution is -2.21. The molecule has 2 aromatic carbocycles. The molecule has 0 aliphatic carbocycles. The van der Waals surface area contributed by atoms with E-state index in [9.17, 15) is 5.26 Å². The van der Waals surface area contributed by atoms with Crippen LogP contribution in [0.2, 0.25) is 0 Å². The van der Waals surface area contributed by atoms with E-state index in [4.69, 9.17) is 15.6 Å². The number of fused-ring (bicyclic) bond motifs is 1. The first kappa shape index (κ1) is 22.3. The van der Waals surface area contributed by atoms with Gasteiger partial charge in [-0.1, -0.05) is 42.0 Å². The molecule has 6 rings (SSSR count). The molecule has 0 amide bonds. The number of imidazole rings is 1. The highest BCUT2D eigenvalue weighted by molar-refractivity contribution is 5.71. The van der Waals surface area contributed by atoms with Gasteiger partial charge in [0.1, 0.15) is 23.2 Å². The van der Waals surface area contributed by atoms with Crippen molar-refractivity contribution in [2.75, 3.05) is 0 Å². The quantitative estimate of drug-likeness (QED) is 0.389. The van der Waals surface area contributed by atoms with Crippen LogP contribution >= 0.6 is 0 Å². The summed E-state index contributed by atoms with van der Waals surface area (Å²) in [5.74, 6) is 1.03. The highest BCUT2D eigenvalue weighted by atomic mass is 16.5. The van der Waals surface area contributed by atoms with Crippen LogP contribution in [0, 0.1) is 18.3 Å². The maximum atomic E-state index is 10.1. The highest BCUT2D eigenvalue weighted by Crippen LogP contribution is 2.46. The minimum atomic E-state index is -0.421. The maximum Gasteiger partial charge on any atom is 0.224 e. The Bertz CT molecular complexity index is 1670. The Balaban J connectivity index is 1.46. The molecule has 1 aliphatic rings. The number of benzene rings is 2. The molecule has 0 spiro atoms. The molecule has 5 aromatic rings. The molecular formula is C29H23N7O. The Morgan fingerprint density at radius 3 is 2.38 bits per heavy atom. The first-order valence-electron chi connectivity index (χ1n) is 11.8. The normalized spacial score (nSPS) is 14.7. The van der Waals surface area contributed by atoms with E-state index >= 15 is 0 Å². The second kappa shape index (κ2) is 8.81. The number of aromatic nitrogens is 5. The van der Waals surface area contributed by atoms with Crippen LogP contribution in [0.15, 0.2) is 96.9 Å². The number of hydrogen-bond donors (Lipinski definition) is 1. The summed E-state index contributed by atoms with van der Waals surface area (Å²) in [6.45, 7) is 2.04. The predicted molar refractivity (Wildman–Crippen MR) is 139 cm³/mol. The molecule has 0 saturated carbocycles. The predicted octanol–water partition coefficient (Wildman–Crippen LogP) is 4.86. The van der Waals surface area contributed by atoms with Crippen LogP contribution in [0.25, 0.3) is 28.3 Å². The fourth-order valence-corrected chi connectivity index (χ4v) is 4.78. The van der Waals surface area contributed by atoms with Crippen molar-refractivity contribution in [1.82, 2.24) is 24.3 Å². The SMILES string of the molecule is Cc1ccc(-c2nn(C)c3c2C(c2ccc(-n4ccnc4-c4ccncc4)cc2)C(C#N)=C(N)O3)cc1. The van der Waals surface area contributed by atoms with E-state index in [0.717, 1.165) is 45.0 Å². The number of nitrogens with two attached hydrogens (primary N) is 1. The van der Waals surface area contributed by atoms with Crippen molar-refractivity contribution in [3.63, 3.8) is 0 Å². The first-order chi connectivity index (χ1) is 18.0. The summed E-state index contributed by atoms with van der Waals surface area (Å²) in [5, 5.41) is 14.8. The van der Waals surface area contributed by atoms with Gasteiger partial charge in [0, 0.05) is 48.6 Å². The number of nitriles is 1. The van der Waals surface area contributed by atoms with E-state index in [1.54, 1.807) is 23.3 Å². The molecule has 3 aromatic heterocycles. The molecule has 1 aliphatic heterocycles. The average Bonchev–Trinajstić information content (AvgIpc) is 3.54. The van der Waals surface area contributed by atoms with Crippen LogP contribution in [0.1, 0.15) is 22.6 Å². The smallest absolute Gasteiger partial charge is 0.224 e. The minimum Gasteiger partial charge on any atom is -0.422 e. The fourth-order valence-electron chi connectivity index (χ4n) is 4.78. The summed E-state index contributed by atoms with van der Waals surface area (Å²) in [6.07, 6.45) is 7.20. The average molecular weight is 486 g/mol. The van der Waals surface area contributed by atoms with E-state index in [-0.39, 0.29) is 5.88 Å². The Morgan fingerprint density at radius 2 is 1.68 bits per heavy atom. The molecule has 1 atom stereocenters. The zero-order chi connectivity index (χ0) is 25.5. The van der Waals surface area contributed by atoms with Crippen LogP contribution in [-0.2, 0) is 7.05 Å². The van der Waals surface area contributed by atoms with Gasteiger partial charge in [-0.15, -0.1) is 0 Å². The van der Waals surface area contributed by atoms with Gasteiger partial charge in [0.25, 0.3) is 0 Å². The Morgan fingerprint density at radius 1 is 0.946 bits per heavy atom. The number of rotatable bonds is 4. The number of nitrogens with zero attached hydrogens (tertiary/aromatic N) is 6. The van der Waals surface area contributed by atoms with Crippen LogP contribution < -0.4 is 10.5 Å². The van der Waals surface area contributed by atoms with E-state index in [1.165, 1.54) is 0 Å². The largest absolute Gasteiger partial charge is 0.422 e. The molecule has 4 heterocycles. The zero-order valence-corrected chi connectivity index (χ0v) is 20.3. The third-order valence-electron chi connectivity index (χ3n) is 6.61. The van der Waals surface area contributed by atoms with Crippen LogP contribution in [0.3, 0.4) is 0 Å². The molecule has 8 nitrogen and oxygen atoms in total. The maximum absolute atomic E-state index is 10.1. The van der Waals surface area contributed by atoms with Crippen molar-refractivity contribution in [2.24, 2.45) is 12.8 Å². The molecule has 0 bridgehead atoms. The van der Waals surface area contributed by atoms with Gasteiger partial charge in [0.15, 0.2) is 0 Å². The van der Waals surface area contributed by atoms with Crippen molar-refractivity contribution < 1.29 is 4.74 Å². The van der Waals surface area contributed by atoms with Gasteiger partial charge < -0.3 is 10.5 Å². The van der Waals surface area contributed by atoms with Gasteiger partial charge in [-0.25, -0.2) is 9.67 Å². The summed E-state index contributed by atoms with van der Waals surface area (Å²) < 4.78 is 9.61. The summed E-state index contributed by atoms with van der Waals surface area (Å²) in [6, 6.07) is 22.4. The summed E-state index contributed by atoms with van der Waals surface area (Å²) in [5.41, 5.74) is 13.1. The number of allylic oxidation sites excluding steroid dienone is 1. The van der Waals surface area contributed by atoms with Crippen molar-refractivity contribution in [2.45, 2.75) is 12.8 Å². The Kier molecular flexibility index (Phi) is 5.31. The number of pyridine rings is 1. The molecular weight excluding hydrogens is 462 g/mol. The number of aryl methyl sites for hydroxylation is 2. The Labute approximate surface area is 213 Å². The van der Waals surface area contributed by atoms with Gasteiger partial charge in [0.2, 0.25) is 11.8 Å². The van der Waals surface area contributed by atoms with Gasteiger partial charge in [-0.05, 0) is 36.8 Å². The van der Waals surface area contributed by atoms with Crippen LogP contribution in [0.4, 0.5) is 0 Å². The lowest BCUT2D eigenvalue weighted by atomic mass is 9.83. The number of hydrogen-bond acceptors (Lipinski definition) is 6. The molecule has 0 radical (unpaired) electrons. The van der Waals surface area contributed by atoms with Crippen molar-refractivity contribution in [3.05, 3.63) is 114 Å². The molecule has 0 saturated heterocycles. The van der Waals surface area contributed by atoms with Crippen molar-refractivity contribution in [1.29, 1.82) is 5.26 Å². The lowest BCUT2D eigenvalue weighted by Gasteiger charge is -2.25. The highest BCUT2D eigenvalue weighted by Gasteiger charge is 2.36. The minimum absolute atomic E-state index is 0.0946. The second-order valence-corrected chi connectivity index (χ2v) is 8.93. The molecule has 0 fully saturated rings. The van der Waals surface area contributed by atoms with E-state index in [1.807, 2.05) is 85.4 Å².